The Morgan fingerprint density at radius 2 is 2.12 bits per heavy atom. The fourth-order valence-electron chi connectivity index (χ4n) is 1.80. The smallest absolute Gasteiger partial charge is 0.387 e. The van der Waals surface area contributed by atoms with E-state index in [1.165, 1.54) is 31.4 Å². The van der Waals surface area contributed by atoms with E-state index in [2.05, 4.69) is 10.1 Å². The quantitative estimate of drug-likeness (QED) is 0.424. The van der Waals surface area contributed by atoms with Gasteiger partial charge in [0.25, 0.3) is 5.91 Å². The Kier molecular flexibility index (Phi) is 8.22. The molecule has 1 aromatic rings. The Labute approximate surface area is 138 Å². The first-order valence-electron chi connectivity index (χ1n) is 7.03. The zero-order valence-electron chi connectivity index (χ0n) is 13.3. The van der Waals surface area contributed by atoms with Crippen LogP contribution in [0.3, 0.4) is 0 Å². The first-order chi connectivity index (χ1) is 11.5. The molecule has 0 aromatic heterocycles. The lowest BCUT2D eigenvalue weighted by Gasteiger charge is -2.10. The predicted octanol–water partition coefficient (Wildman–Crippen LogP) is 2.36. The molecule has 0 fully saturated rings. The average Bonchev–Trinajstić information content (AvgIpc) is 2.56. The van der Waals surface area contributed by atoms with Gasteiger partial charge in [0, 0.05) is 20.3 Å². The monoisotopic (exact) mass is 340 g/mol. The summed E-state index contributed by atoms with van der Waals surface area (Å²) in [6.45, 7) is -2.18. The molecule has 0 aliphatic carbocycles. The number of rotatable bonds is 9. The molecule has 0 atom stereocenters. The molecule has 1 rings (SSSR count). The van der Waals surface area contributed by atoms with E-state index in [0.29, 0.717) is 25.1 Å². The Bertz CT molecular complexity index is 627. The SMILES string of the molecule is COCCCNC(=O)C(C#N)=Cc1ccc(OC)c(OC(F)F)c1. The summed E-state index contributed by atoms with van der Waals surface area (Å²) in [5.41, 5.74) is 0.204. The molecule has 0 bridgehead atoms. The van der Waals surface area contributed by atoms with Crippen molar-refractivity contribution in [2.45, 2.75) is 13.0 Å². The summed E-state index contributed by atoms with van der Waals surface area (Å²) in [6.07, 6.45) is 1.89. The minimum Gasteiger partial charge on any atom is -0.493 e. The zero-order valence-corrected chi connectivity index (χ0v) is 13.3. The average molecular weight is 340 g/mol. The lowest BCUT2D eigenvalue weighted by Crippen LogP contribution is -2.26. The van der Waals surface area contributed by atoms with Gasteiger partial charge in [0.1, 0.15) is 11.6 Å². The van der Waals surface area contributed by atoms with Crippen molar-refractivity contribution >= 4 is 12.0 Å². The van der Waals surface area contributed by atoms with Crippen molar-refractivity contribution < 1.29 is 27.8 Å². The van der Waals surface area contributed by atoms with Crippen LogP contribution in [-0.2, 0) is 9.53 Å². The van der Waals surface area contributed by atoms with Gasteiger partial charge in [-0.3, -0.25) is 4.79 Å². The van der Waals surface area contributed by atoms with Crippen LogP contribution in [0.2, 0.25) is 0 Å². The number of amides is 1. The molecule has 0 radical (unpaired) electrons. The molecule has 1 amide bonds. The van der Waals surface area contributed by atoms with E-state index in [1.54, 1.807) is 13.2 Å². The zero-order chi connectivity index (χ0) is 17.9. The Hall–Kier alpha value is -2.66. The van der Waals surface area contributed by atoms with Gasteiger partial charge in [-0.1, -0.05) is 6.07 Å². The number of hydrogen-bond acceptors (Lipinski definition) is 5. The molecule has 6 nitrogen and oxygen atoms in total. The number of methoxy groups -OCH3 is 2. The Morgan fingerprint density at radius 1 is 1.38 bits per heavy atom. The lowest BCUT2D eigenvalue weighted by molar-refractivity contribution is -0.117. The van der Waals surface area contributed by atoms with Crippen molar-refractivity contribution in [3.8, 4) is 17.6 Å². The summed E-state index contributed by atoms with van der Waals surface area (Å²) in [4.78, 5) is 11.9. The number of benzene rings is 1. The predicted molar refractivity (Wildman–Crippen MR) is 82.7 cm³/mol. The molecule has 1 aromatic carbocycles. The van der Waals surface area contributed by atoms with Crippen LogP contribution in [0.25, 0.3) is 6.08 Å². The third-order valence-electron chi connectivity index (χ3n) is 2.89. The number of alkyl halides is 2. The molecule has 24 heavy (non-hydrogen) atoms. The third kappa shape index (κ3) is 6.22. The minimum absolute atomic E-state index is 0.120. The molecule has 0 saturated carbocycles. The van der Waals surface area contributed by atoms with Crippen LogP contribution in [0.15, 0.2) is 23.8 Å². The maximum absolute atomic E-state index is 12.4. The lowest BCUT2D eigenvalue weighted by atomic mass is 10.1. The molecule has 1 N–H and O–H groups in total. The molecule has 130 valence electrons. The summed E-state index contributed by atoms with van der Waals surface area (Å²) in [6, 6.07) is 5.97. The molecule has 0 unspecified atom stereocenters. The number of halogens is 2. The highest BCUT2D eigenvalue weighted by molar-refractivity contribution is 6.01. The number of nitrogens with zero attached hydrogens (tertiary/aromatic N) is 1. The van der Waals surface area contributed by atoms with Gasteiger partial charge < -0.3 is 19.5 Å². The van der Waals surface area contributed by atoms with Gasteiger partial charge in [0.05, 0.1) is 7.11 Å². The van der Waals surface area contributed by atoms with Crippen molar-refractivity contribution in [3.05, 3.63) is 29.3 Å². The highest BCUT2D eigenvalue weighted by Crippen LogP contribution is 2.30. The van der Waals surface area contributed by atoms with E-state index in [1.807, 2.05) is 0 Å². The van der Waals surface area contributed by atoms with Gasteiger partial charge >= 0.3 is 6.61 Å². The van der Waals surface area contributed by atoms with Gasteiger partial charge in [0.15, 0.2) is 11.5 Å². The van der Waals surface area contributed by atoms with Crippen LogP contribution in [0.4, 0.5) is 8.78 Å². The van der Waals surface area contributed by atoms with Gasteiger partial charge in [-0.05, 0) is 30.2 Å². The number of hydrogen-bond donors (Lipinski definition) is 1. The normalized spacial score (nSPS) is 11.1. The summed E-state index contributed by atoms with van der Waals surface area (Å²) in [7, 11) is 2.86. The number of carbonyl (C=O) groups is 1. The Balaban J connectivity index is 2.91. The summed E-state index contributed by atoms with van der Waals surface area (Å²) < 4.78 is 39.0. The van der Waals surface area contributed by atoms with E-state index >= 15 is 0 Å². The molecule has 8 heteroatoms. The van der Waals surface area contributed by atoms with Crippen LogP contribution in [0.5, 0.6) is 11.5 Å². The molecular formula is C16H18F2N2O4. The third-order valence-corrected chi connectivity index (χ3v) is 2.89. The number of nitriles is 1. The largest absolute Gasteiger partial charge is 0.493 e. The van der Waals surface area contributed by atoms with Crippen LogP contribution in [0.1, 0.15) is 12.0 Å². The van der Waals surface area contributed by atoms with Crippen molar-refractivity contribution in [1.82, 2.24) is 5.32 Å². The molecule has 0 spiro atoms. The van der Waals surface area contributed by atoms with Crippen LogP contribution < -0.4 is 14.8 Å². The highest BCUT2D eigenvalue weighted by atomic mass is 19.3. The maximum Gasteiger partial charge on any atom is 0.387 e. The molecule has 0 aliphatic heterocycles. The van der Waals surface area contributed by atoms with Gasteiger partial charge in [-0.25, -0.2) is 0 Å². The summed E-state index contributed by atoms with van der Waals surface area (Å²) in [5.74, 6) is -0.616. The highest BCUT2D eigenvalue weighted by Gasteiger charge is 2.13. The molecular weight excluding hydrogens is 322 g/mol. The second-order valence-corrected chi connectivity index (χ2v) is 4.56. The van der Waals surface area contributed by atoms with Gasteiger partial charge in [-0.2, -0.15) is 14.0 Å². The molecule has 0 saturated heterocycles. The molecule has 0 aliphatic rings. The number of carbonyl (C=O) groups excluding carboxylic acids is 1. The Morgan fingerprint density at radius 3 is 2.71 bits per heavy atom. The summed E-state index contributed by atoms with van der Waals surface area (Å²) in [5, 5.41) is 11.7. The fourth-order valence-corrected chi connectivity index (χ4v) is 1.80. The number of ether oxygens (including phenoxy) is 3. The van der Waals surface area contributed by atoms with Gasteiger partial charge in [-0.15, -0.1) is 0 Å². The second kappa shape index (κ2) is 10.2. The van der Waals surface area contributed by atoms with E-state index < -0.39 is 12.5 Å². The summed E-state index contributed by atoms with van der Waals surface area (Å²) >= 11 is 0. The second-order valence-electron chi connectivity index (χ2n) is 4.56. The van der Waals surface area contributed by atoms with Crippen LogP contribution >= 0.6 is 0 Å². The number of nitrogens with one attached hydrogen (secondary N) is 1. The van der Waals surface area contributed by atoms with Crippen LogP contribution in [-0.4, -0.2) is 39.9 Å². The first kappa shape index (κ1) is 19.4. The van der Waals surface area contributed by atoms with Crippen LogP contribution in [0, 0.1) is 11.3 Å². The van der Waals surface area contributed by atoms with Crippen molar-refractivity contribution in [1.29, 1.82) is 5.26 Å². The standard InChI is InChI=1S/C16H18F2N2O4/c1-22-7-3-6-20-15(21)12(10-19)8-11-4-5-13(23-2)14(9-11)24-16(17)18/h4-5,8-9,16H,3,6-7H2,1-2H3,(H,20,21). The maximum atomic E-state index is 12.4. The van der Waals surface area contributed by atoms with E-state index in [0.717, 1.165) is 0 Å². The van der Waals surface area contributed by atoms with E-state index in [4.69, 9.17) is 14.7 Å². The minimum atomic E-state index is -3.02. The topological polar surface area (TPSA) is 80.6 Å². The van der Waals surface area contributed by atoms with E-state index in [-0.39, 0.29) is 17.1 Å². The van der Waals surface area contributed by atoms with Crippen molar-refractivity contribution in [2.24, 2.45) is 0 Å². The molecule has 0 heterocycles. The van der Waals surface area contributed by atoms with E-state index in [9.17, 15) is 13.6 Å². The van der Waals surface area contributed by atoms with Gasteiger partial charge in [0.2, 0.25) is 0 Å². The fraction of sp³-hybridized carbons (Fsp3) is 0.375. The first-order valence-corrected chi connectivity index (χ1v) is 7.03. The van der Waals surface area contributed by atoms with Crippen molar-refractivity contribution in [2.75, 3.05) is 27.4 Å². The van der Waals surface area contributed by atoms with Crippen molar-refractivity contribution in [3.63, 3.8) is 0 Å².